The van der Waals surface area contributed by atoms with Crippen molar-refractivity contribution in [2.75, 3.05) is 26.4 Å². The second-order valence-electron chi connectivity index (χ2n) is 4.23. The van der Waals surface area contributed by atoms with E-state index < -0.39 is 0 Å². The summed E-state index contributed by atoms with van der Waals surface area (Å²) >= 11 is 0. The van der Waals surface area contributed by atoms with Gasteiger partial charge in [0.05, 0.1) is 19.8 Å². The van der Waals surface area contributed by atoms with Gasteiger partial charge in [0.15, 0.2) is 0 Å². The molecule has 21 heavy (non-hydrogen) atoms. The Labute approximate surface area is 123 Å². The molecule has 0 saturated heterocycles. The van der Waals surface area contributed by atoms with Gasteiger partial charge < -0.3 is 14.6 Å². The lowest BCUT2D eigenvalue weighted by molar-refractivity contribution is 0.0683. The fourth-order valence-corrected chi connectivity index (χ4v) is 1.60. The summed E-state index contributed by atoms with van der Waals surface area (Å²) < 4.78 is 10.4. The number of aromatic nitrogens is 2. The molecule has 1 aromatic heterocycles. The molecule has 5 nitrogen and oxygen atoms in total. The van der Waals surface area contributed by atoms with Gasteiger partial charge in [-0.25, -0.2) is 9.97 Å². The summed E-state index contributed by atoms with van der Waals surface area (Å²) in [6.45, 7) is 1.09. The molecule has 0 unspecified atom stereocenters. The topological polar surface area (TPSA) is 64.5 Å². The van der Waals surface area contributed by atoms with Crippen LogP contribution >= 0.6 is 0 Å². The van der Waals surface area contributed by atoms with Crippen LogP contribution < -0.4 is 4.74 Å². The fraction of sp³-hybridized carbons (Fsp3) is 0.250. The smallest absolute Gasteiger partial charge is 0.316 e. The number of hydrogen-bond donors (Lipinski definition) is 1. The maximum atomic E-state index is 8.55. The summed E-state index contributed by atoms with van der Waals surface area (Å²) in [4.78, 5) is 8.24. The van der Waals surface area contributed by atoms with Crippen molar-refractivity contribution in [2.24, 2.45) is 0 Å². The van der Waals surface area contributed by atoms with Gasteiger partial charge in [0, 0.05) is 18.0 Å². The monoisotopic (exact) mass is 286 g/mol. The third-order valence-electron chi connectivity index (χ3n) is 2.61. The number of ether oxygens (including phenoxy) is 2. The van der Waals surface area contributed by atoms with Crippen molar-refractivity contribution in [1.29, 1.82) is 0 Å². The minimum absolute atomic E-state index is 0.0128. The van der Waals surface area contributed by atoms with Gasteiger partial charge in [-0.1, -0.05) is 42.5 Å². The molecular weight excluding hydrogens is 268 g/mol. The predicted octanol–water partition coefficient (Wildman–Crippen LogP) is 2.03. The standard InChI is InChI=1S/C16H18N2O3/c19-8-9-20-10-11-21-16-17-12-15(13-18-16)7-6-14-4-2-1-3-5-14/h1-7,12-13,19H,8-11H2/b7-6+. The molecule has 0 aliphatic heterocycles. The minimum Gasteiger partial charge on any atom is -0.461 e. The number of rotatable bonds is 8. The van der Waals surface area contributed by atoms with Crippen LogP contribution in [0.4, 0.5) is 0 Å². The van der Waals surface area contributed by atoms with Gasteiger partial charge in [0.2, 0.25) is 0 Å². The average molecular weight is 286 g/mol. The zero-order chi connectivity index (χ0) is 14.8. The average Bonchev–Trinajstić information content (AvgIpc) is 2.55. The SMILES string of the molecule is OCCOCCOc1ncc(/C=C/c2ccccc2)cn1. The molecule has 0 bridgehead atoms. The van der Waals surface area contributed by atoms with Gasteiger partial charge in [0.25, 0.3) is 0 Å². The van der Waals surface area contributed by atoms with E-state index in [-0.39, 0.29) is 6.61 Å². The number of aliphatic hydroxyl groups is 1. The quantitative estimate of drug-likeness (QED) is 0.752. The molecule has 1 heterocycles. The highest BCUT2D eigenvalue weighted by molar-refractivity contribution is 5.68. The molecule has 0 saturated carbocycles. The van der Waals surface area contributed by atoms with Crippen molar-refractivity contribution in [3.63, 3.8) is 0 Å². The molecule has 0 amide bonds. The molecule has 2 rings (SSSR count). The Bertz CT molecular complexity index is 541. The lowest BCUT2D eigenvalue weighted by Gasteiger charge is -2.04. The number of nitrogens with zero attached hydrogens (tertiary/aromatic N) is 2. The highest BCUT2D eigenvalue weighted by Gasteiger charge is 1.97. The maximum absolute atomic E-state index is 8.55. The van der Waals surface area contributed by atoms with E-state index in [1.807, 2.05) is 42.5 Å². The van der Waals surface area contributed by atoms with E-state index in [0.29, 0.717) is 25.8 Å². The van der Waals surface area contributed by atoms with Crippen LogP contribution in [0.1, 0.15) is 11.1 Å². The van der Waals surface area contributed by atoms with Crippen LogP contribution in [-0.2, 0) is 4.74 Å². The first kappa shape index (κ1) is 15.2. The first-order valence-corrected chi connectivity index (χ1v) is 6.75. The van der Waals surface area contributed by atoms with E-state index >= 15 is 0 Å². The first-order valence-electron chi connectivity index (χ1n) is 6.75. The summed E-state index contributed by atoms with van der Waals surface area (Å²) in [5.41, 5.74) is 2.03. The van der Waals surface area contributed by atoms with E-state index in [1.54, 1.807) is 12.4 Å². The lowest BCUT2D eigenvalue weighted by atomic mass is 10.2. The number of benzene rings is 1. The third kappa shape index (κ3) is 5.72. The van der Waals surface area contributed by atoms with E-state index in [1.165, 1.54) is 0 Å². The maximum Gasteiger partial charge on any atom is 0.316 e. The summed E-state index contributed by atoms with van der Waals surface area (Å²) in [5.74, 6) is 0. The first-order chi connectivity index (χ1) is 10.4. The van der Waals surface area contributed by atoms with Crippen molar-refractivity contribution < 1.29 is 14.6 Å². The van der Waals surface area contributed by atoms with Crippen LogP contribution in [0.2, 0.25) is 0 Å². The molecule has 1 N–H and O–H groups in total. The van der Waals surface area contributed by atoms with E-state index in [2.05, 4.69) is 9.97 Å². The molecule has 5 heteroatoms. The van der Waals surface area contributed by atoms with E-state index in [9.17, 15) is 0 Å². The minimum atomic E-state index is 0.0128. The van der Waals surface area contributed by atoms with E-state index in [4.69, 9.17) is 14.6 Å². The van der Waals surface area contributed by atoms with Gasteiger partial charge in [-0.05, 0) is 5.56 Å². The molecule has 0 spiro atoms. The van der Waals surface area contributed by atoms with E-state index in [0.717, 1.165) is 11.1 Å². The van der Waals surface area contributed by atoms with Crippen LogP contribution in [-0.4, -0.2) is 41.5 Å². The molecule has 0 aliphatic rings. The van der Waals surface area contributed by atoms with Crippen molar-refractivity contribution in [3.8, 4) is 6.01 Å². The number of aliphatic hydroxyl groups excluding tert-OH is 1. The predicted molar refractivity (Wildman–Crippen MR) is 80.8 cm³/mol. The summed E-state index contributed by atoms with van der Waals surface area (Å²) in [6, 6.07) is 10.3. The normalized spacial score (nSPS) is 10.9. The Balaban J connectivity index is 1.80. The Kier molecular flexibility index (Phi) is 6.38. The largest absolute Gasteiger partial charge is 0.461 e. The zero-order valence-corrected chi connectivity index (χ0v) is 11.7. The van der Waals surface area contributed by atoms with Gasteiger partial charge >= 0.3 is 6.01 Å². The van der Waals surface area contributed by atoms with Crippen molar-refractivity contribution in [2.45, 2.75) is 0 Å². The van der Waals surface area contributed by atoms with Gasteiger partial charge in [-0.3, -0.25) is 0 Å². The van der Waals surface area contributed by atoms with Crippen LogP contribution in [0.5, 0.6) is 6.01 Å². The van der Waals surface area contributed by atoms with Gasteiger partial charge in [-0.2, -0.15) is 0 Å². The summed E-state index contributed by atoms with van der Waals surface area (Å²) in [7, 11) is 0. The van der Waals surface area contributed by atoms with Crippen LogP contribution in [0.25, 0.3) is 12.2 Å². The second kappa shape index (κ2) is 8.84. The number of hydrogen-bond acceptors (Lipinski definition) is 5. The molecule has 0 radical (unpaired) electrons. The molecule has 0 aliphatic carbocycles. The highest BCUT2D eigenvalue weighted by atomic mass is 16.5. The lowest BCUT2D eigenvalue weighted by Crippen LogP contribution is -2.10. The summed E-state index contributed by atoms with van der Waals surface area (Å²) in [5, 5.41) is 8.55. The third-order valence-corrected chi connectivity index (χ3v) is 2.61. The molecule has 1 aromatic carbocycles. The summed E-state index contributed by atoms with van der Waals surface area (Å²) in [6.07, 6.45) is 7.36. The highest BCUT2D eigenvalue weighted by Crippen LogP contribution is 2.08. The van der Waals surface area contributed by atoms with Crippen molar-refractivity contribution in [3.05, 3.63) is 53.9 Å². The fourth-order valence-electron chi connectivity index (χ4n) is 1.60. The molecule has 0 fully saturated rings. The molecule has 110 valence electrons. The second-order valence-corrected chi connectivity index (χ2v) is 4.23. The molecule has 0 atom stereocenters. The Morgan fingerprint density at radius 2 is 1.62 bits per heavy atom. The van der Waals surface area contributed by atoms with Crippen LogP contribution in [0.15, 0.2) is 42.7 Å². The van der Waals surface area contributed by atoms with Crippen molar-refractivity contribution >= 4 is 12.2 Å². The Morgan fingerprint density at radius 3 is 2.33 bits per heavy atom. The van der Waals surface area contributed by atoms with Crippen molar-refractivity contribution in [1.82, 2.24) is 9.97 Å². The zero-order valence-electron chi connectivity index (χ0n) is 11.7. The Hall–Kier alpha value is -2.24. The van der Waals surface area contributed by atoms with Crippen LogP contribution in [0.3, 0.4) is 0 Å². The van der Waals surface area contributed by atoms with Gasteiger partial charge in [-0.15, -0.1) is 0 Å². The Morgan fingerprint density at radius 1 is 0.905 bits per heavy atom. The van der Waals surface area contributed by atoms with Crippen LogP contribution in [0, 0.1) is 0 Å². The van der Waals surface area contributed by atoms with Gasteiger partial charge in [0.1, 0.15) is 6.61 Å². The molecular formula is C16H18N2O3. The molecule has 2 aromatic rings.